The molecular weight excluding hydrogens is 194 g/mol. The topological polar surface area (TPSA) is 26.0 Å². The van der Waals surface area contributed by atoms with Crippen molar-refractivity contribution in [1.82, 2.24) is 0 Å². The van der Waals surface area contributed by atoms with Crippen LogP contribution in [0.15, 0.2) is 42.5 Å². The highest BCUT2D eigenvalue weighted by Gasteiger charge is 2.43. The van der Waals surface area contributed by atoms with Crippen LogP contribution in [-0.4, -0.2) is 6.54 Å². The van der Waals surface area contributed by atoms with Crippen molar-refractivity contribution in [3.63, 3.8) is 0 Å². The highest BCUT2D eigenvalue weighted by Crippen LogP contribution is 2.51. The lowest BCUT2D eigenvalue weighted by Gasteiger charge is -2.15. The van der Waals surface area contributed by atoms with Crippen molar-refractivity contribution < 1.29 is 0 Å². The lowest BCUT2D eigenvalue weighted by Crippen LogP contribution is -2.13. The summed E-state index contributed by atoms with van der Waals surface area (Å²) in [6.45, 7) is 0.798. The first-order chi connectivity index (χ1) is 7.84. The van der Waals surface area contributed by atoms with Crippen LogP contribution in [0.4, 0.5) is 0 Å². The van der Waals surface area contributed by atoms with Gasteiger partial charge in [0, 0.05) is 0 Å². The summed E-state index contributed by atoms with van der Waals surface area (Å²) < 4.78 is 0. The molecule has 0 radical (unpaired) electrons. The van der Waals surface area contributed by atoms with E-state index in [0.717, 1.165) is 13.0 Å². The van der Waals surface area contributed by atoms with E-state index < -0.39 is 0 Å². The van der Waals surface area contributed by atoms with Crippen molar-refractivity contribution in [2.75, 3.05) is 6.54 Å². The largest absolute Gasteiger partial charge is 0.330 e. The molecule has 1 aliphatic carbocycles. The molecule has 1 fully saturated rings. The van der Waals surface area contributed by atoms with Crippen LogP contribution in [0.2, 0.25) is 0 Å². The summed E-state index contributed by atoms with van der Waals surface area (Å²) in [4.78, 5) is 0. The van der Waals surface area contributed by atoms with Gasteiger partial charge in [0.05, 0.1) is 0 Å². The Morgan fingerprint density at radius 2 is 1.75 bits per heavy atom. The van der Waals surface area contributed by atoms with E-state index in [-0.39, 0.29) is 0 Å². The first-order valence-electron chi connectivity index (χ1n) is 6.03. The van der Waals surface area contributed by atoms with Crippen molar-refractivity contribution in [3.8, 4) is 0 Å². The zero-order chi connectivity index (χ0) is 11.0. The first-order valence-corrected chi connectivity index (χ1v) is 6.03. The van der Waals surface area contributed by atoms with E-state index in [2.05, 4.69) is 42.5 Å². The molecule has 1 heteroatoms. The fraction of sp³-hybridized carbons (Fsp3) is 0.333. The molecule has 1 saturated carbocycles. The maximum Gasteiger partial charge on any atom is -0.00341 e. The van der Waals surface area contributed by atoms with E-state index in [9.17, 15) is 0 Å². The van der Waals surface area contributed by atoms with Crippen LogP contribution in [0.3, 0.4) is 0 Å². The summed E-state index contributed by atoms with van der Waals surface area (Å²) in [6, 6.07) is 15.4. The molecule has 0 unspecified atom stereocenters. The summed E-state index contributed by atoms with van der Waals surface area (Å²) in [6.07, 6.45) is 3.75. The van der Waals surface area contributed by atoms with E-state index in [1.807, 2.05) is 0 Å². The molecule has 1 nitrogen and oxygen atoms in total. The summed E-state index contributed by atoms with van der Waals surface area (Å²) in [5.74, 6) is 0. The quantitative estimate of drug-likeness (QED) is 0.828. The van der Waals surface area contributed by atoms with Gasteiger partial charge in [0.2, 0.25) is 0 Å². The van der Waals surface area contributed by atoms with Crippen molar-refractivity contribution in [1.29, 1.82) is 0 Å². The molecule has 0 bridgehead atoms. The summed E-state index contributed by atoms with van der Waals surface area (Å²) in [5, 5.41) is 2.68. The molecule has 0 saturated heterocycles. The molecule has 0 heterocycles. The molecule has 0 spiro atoms. The Hall–Kier alpha value is -1.34. The smallest absolute Gasteiger partial charge is 0.00341 e. The molecule has 3 rings (SSSR count). The number of fused-ring (bicyclic) bond motifs is 1. The molecule has 1 aliphatic rings. The van der Waals surface area contributed by atoms with Gasteiger partial charge in [-0.05, 0) is 47.6 Å². The van der Waals surface area contributed by atoms with Crippen molar-refractivity contribution in [3.05, 3.63) is 48.0 Å². The molecule has 16 heavy (non-hydrogen) atoms. The Balaban J connectivity index is 2.05. The number of rotatable bonds is 3. The maximum absolute atomic E-state index is 5.70. The van der Waals surface area contributed by atoms with Gasteiger partial charge < -0.3 is 5.73 Å². The van der Waals surface area contributed by atoms with E-state index in [1.54, 1.807) is 0 Å². The van der Waals surface area contributed by atoms with Gasteiger partial charge >= 0.3 is 0 Å². The fourth-order valence-electron chi connectivity index (χ4n) is 2.63. The number of benzene rings is 2. The van der Waals surface area contributed by atoms with E-state index in [0.29, 0.717) is 5.41 Å². The van der Waals surface area contributed by atoms with Gasteiger partial charge in [-0.25, -0.2) is 0 Å². The molecule has 2 aromatic rings. The Morgan fingerprint density at radius 3 is 2.44 bits per heavy atom. The SMILES string of the molecule is NCCC1(c2ccc3ccccc3c2)CC1. The average molecular weight is 211 g/mol. The predicted molar refractivity (Wildman–Crippen MR) is 68.5 cm³/mol. The van der Waals surface area contributed by atoms with E-state index >= 15 is 0 Å². The molecular formula is C15H17N. The fourth-order valence-corrected chi connectivity index (χ4v) is 2.63. The first kappa shape index (κ1) is 9.86. The van der Waals surface area contributed by atoms with Gasteiger partial charge in [-0.1, -0.05) is 42.5 Å². The van der Waals surface area contributed by atoms with Crippen LogP contribution >= 0.6 is 0 Å². The monoisotopic (exact) mass is 211 g/mol. The van der Waals surface area contributed by atoms with Crippen molar-refractivity contribution in [2.24, 2.45) is 5.73 Å². The van der Waals surface area contributed by atoms with Crippen LogP contribution in [0.1, 0.15) is 24.8 Å². The van der Waals surface area contributed by atoms with Gasteiger partial charge in [0.1, 0.15) is 0 Å². The van der Waals surface area contributed by atoms with Gasteiger partial charge in [-0.2, -0.15) is 0 Å². The minimum atomic E-state index is 0.415. The van der Waals surface area contributed by atoms with Crippen LogP contribution in [0.25, 0.3) is 10.8 Å². The number of hydrogen-bond donors (Lipinski definition) is 1. The number of hydrogen-bond acceptors (Lipinski definition) is 1. The lowest BCUT2D eigenvalue weighted by molar-refractivity contribution is 0.630. The third-order valence-electron chi connectivity index (χ3n) is 3.84. The van der Waals surface area contributed by atoms with E-state index in [4.69, 9.17) is 5.73 Å². The summed E-state index contributed by atoms with van der Waals surface area (Å²) in [7, 11) is 0. The summed E-state index contributed by atoms with van der Waals surface area (Å²) >= 11 is 0. The third kappa shape index (κ3) is 1.52. The lowest BCUT2D eigenvalue weighted by atomic mass is 9.91. The second-order valence-electron chi connectivity index (χ2n) is 4.88. The minimum absolute atomic E-state index is 0.415. The maximum atomic E-state index is 5.70. The second-order valence-corrected chi connectivity index (χ2v) is 4.88. The second kappa shape index (κ2) is 3.60. The van der Waals surface area contributed by atoms with Crippen LogP contribution < -0.4 is 5.73 Å². The van der Waals surface area contributed by atoms with Crippen LogP contribution in [-0.2, 0) is 5.41 Å². The highest BCUT2D eigenvalue weighted by atomic mass is 14.6. The molecule has 2 aromatic carbocycles. The molecule has 2 N–H and O–H groups in total. The summed E-state index contributed by atoms with van der Waals surface area (Å²) in [5.41, 5.74) is 7.60. The normalized spacial score (nSPS) is 17.6. The zero-order valence-electron chi connectivity index (χ0n) is 9.45. The standard InChI is InChI=1S/C15H17N/c16-10-9-15(7-8-15)14-6-5-12-3-1-2-4-13(12)11-14/h1-6,11H,7-10,16H2. The zero-order valence-corrected chi connectivity index (χ0v) is 9.45. The minimum Gasteiger partial charge on any atom is -0.330 e. The van der Waals surface area contributed by atoms with E-state index in [1.165, 1.54) is 29.2 Å². The molecule has 82 valence electrons. The van der Waals surface area contributed by atoms with Gasteiger partial charge in [-0.15, -0.1) is 0 Å². The Kier molecular flexibility index (Phi) is 2.22. The molecule has 0 amide bonds. The third-order valence-corrected chi connectivity index (χ3v) is 3.84. The predicted octanol–water partition coefficient (Wildman–Crippen LogP) is 3.22. The number of nitrogens with two attached hydrogens (primary N) is 1. The van der Waals surface area contributed by atoms with Gasteiger partial charge in [-0.3, -0.25) is 0 Å². The average Bonchev–Trinajstić information content (AvgIpc) is 3.10. The van der Waals surface area contributed by atoms with Crippen LogP contribution in [0.5, 0.6) is 0 Å². The Morgan fingerprint density at radius 1 is 1.00 bits per heavy atom. The van der Waals surface area contributed by atoms with Crippen molar-refractivity contribution >= 4 is 10.8 Å². The van der Waals surface area contributed by atoms with Crippen molar-refractivity contribution in [2.45, 2.75) is 24.7 Å². The Labute approximate surface area is 96.3 Å². The van der Waals surface area contributed by atoms with Gasteiger partial charge in [0.15, 0.2) is 0 Å². The molecule has 0 atom stereocenters. The van der Waals surface area contributed by atoms with Crippen LogP contribution in [0, 0.1) is 0 Å². The molecule has 0 aromatic heterocycles. The molecule has 0 aliphatic heterocycles. The van der Waals surface area contributed by atoms with Gasteiger partial charge in [0.25, 0.3) is 0 Å². The highest BCUT2D eigenvalue weighted by molar-refractivity contribution is 5.83. The Bertz CT molecular complexity index is 512.